The molecule has 0 spiro atoms. The number of aliphatic carboxylic acids is 1. The summed E-state index contributed by atoms with van der Waals surface area (Å²) in [7, 11) is 0. The fraction of sp³-hybridized carbons (Fsp3) is 0.529. The van der Waals surface area contributed by atoms with E-state index in [1.165, 1.54) is 0 Å². The minimum atomic E-state index is -0.786. The molecule has 0 bridgehead atoms. The fourth-order valence-electron chi connectivity index (χ4n) is 3.13. The summed E-state index contributed by atoms with van der Waals surface area (Å²) < 4.78 is 0. The SMILES string of the molecule is CCc1ccccc1C(=O)N1CCCC(CC)(C(=O)O)C1. The summed E-state index contributed by atoms with van der Waals surface area (Å²) >= 11 is 0. The van der Waals surface area contributed by atoms with Crippen molar-refractivity contribution in [1.82, 2.24) is 4.90 Å². The second kappa shape index (κ2) is 6.29. The van der Waals surface area contributed by atoms with Gasteiger partial charge in [0.2, 0.25) is 0 Å². The standard InChI is InChI=1S/C17H23NO3/c1-3-13-8-5-6-9-14(13)15(19)18-11-7-10-17(4-2,12-18)16(20)21/h5-6,8-9H,3-4,7,10-12H2,1-2H3,(H,20,21). The van der Waals surface area contributed by atoms with Crippen molar-refractivity contribution < 1.29 is 14.7 Å². The molecule has 0 radical (unpaired) electrons. The van der Waals surface area contributed by atoms with E-state index in [-0.39, 0.29) is 5.91 Å². The van der Waals surface area contributed by atoms with Crippen LogP contribution in [0.5, 0.6) is 0 Å². The molecule has 1 N–H and O–H groups in total. The van der Waals surface area contributed by atoms with Crippen LogP contribution < -0.4 is 0 Å². The first-order valence-corrected chi connectivity index (χ1v) is 7.64. The number of carboxylic acid groups (broad SMARTS) is 1. The van der Waals surface area contributed by atoms with Crippen molar-refractivity contribution >= 4 is 11.9 Å². The number of carbonyl (C=O) groups is 2. The van der Waals surface area contributed by atoms with Crippen molar-refractivity contribution in [2.24, 2.45) is 5.41 Å². The Morgan fingerprint density at radius 2 is 2.00 bits per heavy atom. The average molecular weight is 289 g/mol. The van der Waals surface area contributed by atoms with Crippen LogP contribution in [0.1, 0.15) is 49.0 Å². The number of benzene rings is 1. The van der Waals surface area contributed by atoms with E-state index in [1.807, 2.05) is 38.1 Å². The molecular formula is C17H23NO3. The van der Waals surface area contributed by atoms with Crippen LogP contribution in [0, 0.1) is 5.41 Å². The Hall–Kier alpha value is -1.84. The maximum absolute atomic E-state index is 12.7. The van der Waals surface area contributed by atoms with Crippen molar-refractivity contribution in [1.29, 1.82) is 0 Å². The molecule has 1 amide bonds. The molecule has 1 fully saturated rings. The molecule has 0 aromatic heterocycles. The second-order valence-corrected chi connectivity index (χ2v) is 5.78. The van der Waals surface area contributed by atoms with Crippen molar-refractivity contribution in [2.45, 2.75) is 39.5 Å². The van der Waals surface area contributed by atoms with Gasteiger partial charge in [-0.25, -0.2) is 0 Å². The van der Waals surface area contributed by atoms with E-state index in [2.05, 4.69) is 0 Å². The quantitative estimate of drug-likeness (QED) is 0.927. The minimum Gasteiger partial charge on any atom is -0.481 e. The van der Waals surface area contributed by atoms with Crippen LogP contribution in [0.15, 0.2) is 24.3 Å². The fourth-order valence-corrected chi connectivity index (χ4v) is 3.13. The largest absolute Gasteiger partial charge is 0.481 e. The highest BCUT2D eigenvalue weighted by molar-refractivity contribution is 5.96. The van der Waals surface area contributed by atoms with E-state index in [1.54, 1.807) is 4.90 Å². The van der Waals surface area contributed by atoms with Crippen LogP contribution in [0.25, 0.3) is 0 Å². The molecule has 0 saturated carbocycles. The number of rotatable bonds is 4. The molecule has 1 heterocycles. The highest BCUT2D eigenvalue weighted by Gasteiger charge is 2.42. The molecule has 21 heavy (non-hydrogen) atoms. The molecule has 4 nitrogen and oxygen atoms in total. The maximum atomic E-state index is 12.7. The molecule has 1 saturated heterocycles. The lowest BCUT2D eigenvalue weighted by atomic mass is 9.77. The number of piperidine rings is 1. The Balaban J connectivity index is 2.25. The monoisotopic (exact) mass is 289 g/mol. The van der Waals surface area contributed by atoms with Crippen LogP contribution in [-0.4, -0.2) is 35.0 Å². The highest BCUT2D eigenvalue weighted by atomic mass is 16.4. The Labute approximate surface area is 125 Å². The zero-order valence-electron chi connectivity index (χ0n) is 12.8. The molecular weight excluding hydrogens is 266 g/mol. The third-order valence-corrected chi connectivity index (χ3v) is 4.62. The van der Waals surface area contributed by atoms with Gasteiger partial charge in [-0.1, -0.05) is 32.0 Å². The number of likely N-dealkylation sites (tertiary alicyclic amines) is 1. The molecule has 0 aliphatic carbocycles. The van der Waals surface area contributed by atoms with E-state index >= 15 is 0 Å². The molecule has 1 atom stereocenters. The summed E-state index contributed by atoms with van der Waals surface area (Å²) in [5.41, 5.74) is 0.942. The van der Waals surface area contributed by atoms with Crippen LogP contribution in [0.3, 0.4) is 0 Å². The lowest BCUT2D eigenvalue weighted by Crippen LogP contribution is -2.49. The lowest BCUT2D eigenvalue weighted by molar-refractivity contribution is -0.152. The van der Waals surface area contributed by atoms with Gasteiger partial charge >= 0.3 is 5.97 Å². The van der Waals surface area contributed by atoms with E-state index in [9.17, 15) is 14.7 Å². The van der Waals surface area contributed by atoms with Gasteiger partial charge in [-0.2, -0.15) is 0 Å². The van der Waals surface area contributed by atoms with Crippen molar-refractivity contribution in [3.05, 3.63) is 35.4 Å². The van der Waals surface area contributed by atoms with Crippen LogP contribution in [-0.2, 0) is 11.2 Å². The number of aryl methyl sites for hydroxylation is 1. The predicted octanol–water partition coefficient (Wildman–Crippen LogP) is 2.97. The van der Waals surface area contributed by atoms with Gasteiger partial charge in [0.25, 0.3) is 5.91 Å². The number of nitrogens with zero attached hydrogens (tertiary/aromatic N) is 1. The van der Waals surface area contributed by atoms with E-state index in [0.717, 1.165) is 18.4 Å². The highest BCUT2D eigenvalue weighted by Crippen LogP contribution is 2.34. The van der Waals surface area contributed by atoms with Gasteiger partial charge in [-0.15, -0.1) is 0 Å². The van der Waals surface area contributed by atoms with Crippen LogP contribution in [0.2, 0.25) is 0 Å². The van der Waals surface area contributed by atoms with Gasteiger partial charge in [-0.05, 0) is 37.3 Å². The van der Waals surface area contributed by atoms with Crippen LogP contribution in [0.4, 0.5) is 0 Å². The first-order chi connectivity index (χ1) is 10.0. The third-order valence-electron chi connectivity index (χ3n) is 4.62. The van der Waals surface area contributed by atoms with Gasteiger partial charge in [0.05, 0.1) is 5.41 Å². The summed E-state index contributed by atoms with van der Waals surface area (Å²) in [5, 5.41) is 9.52. The normalized spacial score (nSPS) is 22.1. The lowest BCUT2D eigenvalue weighted by Gasteiger charge is -2.39. The van der Waals surface area contributed by atoms with Crippen LogP contribution >= 0.6 is 0 Å². The number of carboxylic acids is 1. The van der Waals surface area contributed by atoms with Gasteiger partial charge in [0.15, 0.2) is 0 Å². The summed E-state index contributed by atoms with van der Waals surface area (Å²) in [6, 6.07) is 7.59. The molecule has 1 aromatic rings. The topological polar surface area (TPSA) is 57.6 Å². The first kappa shape index (κ1) is 15.5. The third kappa shape index (κ3) is 2.94. The van der Waals surface area contributed by atoms with E-state index in [4.69, 9.17) is 0 Å². The summed E-state index contributed by atoms with van der Waals surface area (Å²) in [4.78, 5) is 26.1. The molecule has 1 aliphatic heterocycles. The second-order valence-electron chi connectivity index (χ2n) is 5.78. The Morgan fingerprint density at radius 1 is 1.29 bits per heavy atom. The van der Waals surface area contributed by atoms with Gasteiger partial charge < -0.3 is 10.0 Å². The summed E-state index contributed by atoms with van der Waals surface area (Å²) in [6.45, 7) is 4.87. The predicted molar refractivity (Wildman–Crippen MR) is 81.3 cm³/mol. The molecule has 1 aliphatic rings. The molecule has 4 heteroatoms. The Bertz CT molecular complexity index is 541. The Kier molecular flexibility index (Phi) is 4.66. The maximum Gasteiger partial charge on any atom is 0.311 e. The smallest absolute Gasteiger partial charge is 0.311 e. The molecule has 1 aromatic carbocycles. The van der Waals surface area contributed by atoms with Gasteiger partial charge in [0.1, 0.15) is 0 Å². The number of amides is 1. The summed E-state index contributed by atoms with van der Waals surface area (Å²) in [6.07, 6.45) is 2.76. The van der Waals surface area contributed by atoms with E-state index < -0.39 is 11.4 Å². The number of carbonyl (C=O) groups excluding carboxylic acids is 1. The number of hydrogen-bond acceptors (Lipinski definition) is 2. The molecule has 1 unspecified atom stereocenters. The average Bonchev–Trinajstić information content (AvgIpc) is 2.53. The Morgan fingerprint density at radius 3 is 2.62 bits per heavy atom. The summed E-state index contributed by atoms with van der Waals surface area (Å²) in [5.74, 6) is -0.822. The van der Waals surface area contributed by atoms with Crippen molar-refractivity contribution in [3.8, 4) is 0 Å². The van der Waals surface area contributed by atoms with E-state index in [0.29, 0.717) is 31.5 Å². The zero-order chi connectivity index (χ0) is 15.5. The molecule has 114 valence electrons. The van der Waals surface area contributed by atoms with Gasteiger partial charge in [-0.3, -0.25) is 9.59 Å². The van der Waals surface area contributed by atoms with Crippen molar-refractivity contribution in [3.63, 3.8) is 0 Å². The van der Waals surface area contributed by atoms with Crippen molar-refractivity contribution in [2.75, 3.05) is 13.1 Å². The minimum absolute atomic E-state index is 0.0359. The van der Waals surface area contributed by atoms with Gasteiger partial charge in [0, 0.05) is 18.7 Å². The zero-order valence-corrected chi connectivity index (χ0v) is 12.8. The molecule has 2 rings (SSSR count). The first-order valence-electron chi connectivity index (χ1n) is 7.64. The number of hydrogen-bond donors (Lipinski definition) is 1.